The van der Waals surface area contributed by atoms with Crippen LogP contribution in [-0.2, 0) is 9.53 Å². The number of carbonyl (C=O) groups is 1. The summed E-state index contributed by atoms with van der Waals surface area (Å²) in [7, 11) is 0. The highest BCUT2D eigenvalue weighted by molar-refractivity contribution is 5.70. The Balaban J connectivity index is 2.20. The van der Waals surface area contributed by atoms with Gasteiger partial charge in [0, 0.05) is 0 Å². The zero-order valence-corrected chi connectivity index (χ0v) is 9.41. The molecular formula is C12H12F3NO2. The molecule has 1 aromatic rings. The van der Waals surface area contributed by atoms with E-state index in [0.717, 1.165) is 0 Å². The number of alkyl halides is 3. The molecule has 1 N–H and O–H groups in total. The molecule has 0 spiro atoms. The van der Waals surface area contributed by atoms with Gasteiger partial charge in [-0.1, -0.05) is 30.3 Å². The topological polar surface area (TPSA) is 38.3 Å². The first-order valence-electron chi connectivity index (χ1n) is 5.50. The second-order valence-corrected chi connectivity index (χ2v) is 4.11. The van der Waals surface area contributed by atoms with E-state index in [1.807, 2.05) is 0 Å². The summed E-state index contributed by atoms with van der Waals surface area (Å²) in [5, 5.41) is 2.43. The van der Waals surface area contributed by atoms with Crippen LogP contribution < -0.4 is 5.32 Å². The van der Waals surface area contributed by atoms with Crippen LogP contribution in [0, 0.1) is 0 Å². The Morgan fingerprint density at radius 2 is 1.89 bits per heavy atom. The van der Waals surface area contributed by atoms with Gasteiger partial charge >= 0.3 is 12.1 Å². The van der Waals surface area contributed by atoms with Crippen molar-refractivity contribution in [1.29, 1.82) is 0 Å². The predicted octanol–water partition coefficient (Wildman–Crippen LogP) is 2.20. The molecule has 0 radical (unpaired) electrons. The van der Waals surface area contributed by atoms with Gasteiger partial charge in [0.25, 0.3) is 0 Å². The average molecular weight is 259 g/mol. The normalized spacial score (nSPS) is 25.4. The van der Waals surface area contributed by atoms with Crippen LogP contribution in [0.4, 0.5) is 13.2 Å². The van der Waals surface area contributed by atoms with Crippen molar-refractivity contribution in [3.8, 4) is 0 Å². The average Bonchev–Trinajstić information content (AvgIpc) is 2.52. The standard InChI is InChI=1S/C12H12F3NO2/c13-12(14,15)10-6-11(17)18-7-9(16-10)8-4-2-1-3-5-8/h1-5,9-10,16H,6-7H2/t9-,10+/m1/s1. The monoisotopic (exact) mass is 259 g/mol. The fourth-order valence-corrected chi connectivity index (χ4v) is 1.84. The van der Waals surface area contributed by atoms with Crippen molar-refractivity contribution in [1.82, 2.24) is 5.32 Å². The maximum atomic E-state index is 12.7. The van der Waals surface area contributed by atoms with E-state index in [2.05, 4.69) is 5.32 Å². The number of hydrogen-bond donors (Lipinski definition) is 1. The van der Waals surface area contributed by atoms with Crippen LogP contribution in [0.5, 0.6) is 0 Å². The van der Waals surface area contributed by atoms with Crippen molar-refractivity contribution in [3.05, 3.63) is 35.9 Å². The summed E-state index contributed by atoms with van der Waals surface area (Å²) in [5.74, 6) is -0.830. The largest absolute Gasteiger partial charge is 0.464 e. The van der Waals surface area contributed by atoms with Gasteiger partial charge in [-0.25, -0.2) is 0 Å². The van der Waals surface area contributed by atoms with Gasteiger partial charge < -0.3 is 4.74 Å². The first-order chi connectivity index (χ1) is 8.47. The summed E-state index contributed by atoms with van der Waals surface area (Å²) in [5.41, 5.74) is 0.668. The van der Waals surface area contributed by atoms with E-state index < -0.39 is 30.7 Å². The van der Waals surface area contributed by atoms with Crippen molar-refractivity contribution in [2.24, 2.45) is 0 Å². The van der Waals surface area contributed by atoms with Gasteiger partial charge in [-0.3, -0.25) is 10.1 Å². The lowest BCUT2D eigenvalue weighted by Gasteiger charge is -2.23. The second-order valence-electron chi connectivity index (χ2n) is 4.11. The lowest BCUT2D eigenvalue weighted by Crippen LogP contribution is -2.44. The third kappa shape index (κ3) is 3.01. The first kappa shape index (κ1) is 12.9. The van der Waals surface area contributed by atoms with E-state index in [1.54, 1.807) is 30.3 Å². The smallest absolute Gasteiger partial charge is 0.404 e. The van der Waals surface area contributed by atoms with E-state index in [1.165, 1.54) is 0 Å². The zero-order valence-electron chi connectivity index (χ0n) is 9.41. The number of hydrogen-bond acceptors (Lipinski definition) is 3. The molecule has 1 aromatic carbocycles. The summed E-state index contributed by atoms with van der Waals surface area (Å²) >= 11 is 0. The number of benzene rings is 1. The number of esters is 1. The van der Waals surface area contributed by atoms with Crippen LogP contribution in [0.15, 0.2) is 30.3 Å². The van der Waals surface area contributed by atoms with Crippen molar-refractivity contribution in [2.45, 2.75) is 24.7 Å². The summed E-state index contributed by atoms with van der Waals surface area (Å²) in [4.78, 5) is 11.2. The molecule has 98 valence electrons. The third-order valence-corrected chi connectivity index (χ3v) is 2.78. The fourth-order valence-electron chi connectivity index (χ4n) is 1.84. The van der Waals surface area contributed by atoms with Crippen molar-refractivity contribution < 1.29 is 22.7 Å². The van der Waals surface area contributed by atoms with Gasteiger partial charge in [-0.15, -0.1) is 0 Å². The highest BCUT2D eigenvalue weighted by Crippen LogP contribution is 2.28. The van der Waals surface area contributed by atoms with Crippen molar-refractivity contribution in [2.75, 3.05) is 6.61 Å². The molecule has 1 saturated heterocycles. The summed E-state index contributed by atoms with van der Waals surface area (Å²) in [6, 6.07) is 6.13. The molecule has 1 fully saturated rings. The highest BCUT2D eigenvalue weighted by atomic mass is 19.4. The molecule has 0 bridgehead atoms. The molecule has 0 unspecified atom stereocenters. The molecule has 1 aliphatic heterocycles. The lowest BCUT2D eigenvalue weighted by molar-refractivity contribution is -0.165. The quantitative estimate of drug-likeness (QED) is 0.786. The maximum absolute atomic E-state index is 12.7. The van der Waals surface area contributed by atoms with Crippen LogP contribution >= 0.6 is 0 Å². The van der Waals surface area contributed by atoms with Crippen LogP contribution in [0.3, 0.4) is 0 Å². The zero-order chi connectivity index (χ0) is 13.2. The van der Waals surface area contributed by atoms with E-state index >= 15 is 0 Å². The summed E-state index contributed by atoms with van der Waals surface area (Å²) in [6.45, 7) is -0.0879. The highest BCUT2D eigenvalue weighted by Gasteiger charge is 2.44. The Labute approximate surface area is 102 Å². The minimum absolute atomic E-state index is 0.0879. The molecule has 0 saturated carbocycles. The molecule has 1 aliphatic rings. The Hall–Kier alpha value is -1.56. The SMILES string of the molecule is O=C1C[C@@H](C(F)(F)F)N[C@@H](c2ccccc2)CO1. The molecule has 1 heterocycles. The lowest BCUT2D eigenvalue weighted by atomic mass is 10.1. The van der Waals surface area contributed by atoms with Gasteiger partial charge in [-0.2, -0.15) is 13.2 Å². The Bertz CT molecular complexity index is 419. The molecule has 2 atom stereocenters. The molecule has 0 amide bonds. The Morgan fingerprint density at radius 1 is 1.22 bits per heavy atom. The second kappa shape index (κ2) is 4.97. The van der Waals surface area contributed by atoms with Gasteiger partial charge in [0.1, 0.15) is 12.6 Å². The number of cyclic esters (lactones) is 1. The van der Waals surface area contributed by atoms with Crippen LogP contribution in [0.2, 0.25) is 0 Å². The number of carbonyl (C=O) groups excluding carboxylic acids is 1. The fraction of sp³-hybridized carbons (Fsp3) is 0.417. The van der Waals surface area contributed by atoms with Crippen LogP contribution in [0.25, 0.3) is 0 Å². The minimum Gasteiger partial charge on any atom is -0.464 e. The predicted molar refractivity (Wildman–Crippen MR) is 57.7 cm³/mol. The van der Waals surface area contributed by atoms with E-state index in [4.69, 9.17) is 4.74 Å². The third-order valence-electron chi connectivity index (χ3n) is 2.78. The van der Waals surface area contributed by atoms with Crippen molar-refractivity contribution in [3.63, 3.8) is 0 Å². The summed E-state index contributed by atoms with van der Waals surface area (Å²) in [6.07, 6.45) is -5.15. The molecule has 0 aromatic heterocycles. The number of nitrogens with one attached hydrogen (secondary N) is 1. The van der Waals surface area contributed by atoms with Gasteiger partial charge in [0.2, 0.25) is 0 Å². The van der Waals surface area contributed by atoms with Crippen LogP contribution in [-0.4, -0.2) is 24.8 Å². The number of ether oxygens (including phenoxy) is 1. The number of halogens is 3. The first-order valence-corrected chi connectivity index (χ1v) is 5.50. The van der Waals surface area contributed by atoms with Gasteiger partial charge in [-0.05, 0) is 5.56 Å². The molecular weight excluding hydrogens is 247 g/mol. The van der Waals surface area contributed by atoms with E-state index in [-0.39, 0.29) is 6.61 Å². The Morgan fingerprint density at radius 3 is 2.50 bits per heavy atom. The Kier molecular flexibility index (Phi) is 3.56. The maximum Gasteiger partial charge on any atom is 0.404 e. The number of rotatable bonds is 1. The molecule has 0 aliphatic carbocycles. The molecule has 2 rings (SSSR count). The van der Waals surface area contributed by atoms with E-state index in [0.29, 0.717) is 5.56 Å². The molecule has 18 heavy (non-hydrogen) atoms. The molecule has 6 heteroatoms. The summed E-state index contributed by atoms with van der Waals surface area (Å²) < 4.78 is 42.9. The van der Waals surface area contributed by atoms with Gasteiger partial charge in [0.15, 0.2) is 0 Å². The van der Waals surface area contributed by atoms with Crippen LogP contribution in [0.1, 0.15) is 18.0 Å². The van der Waals surface area contributed by atoms with E-state index in [9.17, 15) is 18.0 Å². The van der Waals surface area contributed by atoms with Gasteiger partial charge in [0.05, 0.1) is 12.5 Å². The molecule has 3 nitrogen and oxygen atoms in total. The minimum atomic E-state index is -4.46. The van der Waals surface area contributed by atoms with Crippen molar-refractivity contribution >= 4 is 5.97 Å².